The highest BCUT2D eigenvalue weighted by Crippen LogP contribution is 2.24. The molecule has 6 nitrogen and oxygen atoms in total. The van der Waals surface area contributed by atoms with E-state index in [0.29, 0.717) is 11.3 Å². The first-order valence-corrected chi connectivity index (χ1v) is 5.09. The van der Waals surface area contributed by atoms with Crippen molar-refractivity contribution >= 4 is 11.7 Å². The molecule has 0 saturated carbocycles. The first-order valence-electron chi connectivity index (χ1n) is 5.09. The quantitative estimate of drug-likeness (QED) is 0.441. The van der Waals surface area contributed by atoms with E-state index in [4.69, 9.17) is 15.3 Å². The molecule has 0 spiro atoms. The Labute approximate surface area is 98.1 Å². The van der Waals surface area contributed by atoms with Crippen LogP contribution in [0.5, 0.6) is 5.75 Å². The van der Waals surface area contributed by atoms with Crippen LogP contribution in [-0.2, 0) is 11.2 Å². The van der Waals surface area contributed by atoms with Crippen LogP contribution in [0.15, 0.2) is 18.2 Å². The number of phenolic OH excluding ortho intramolecular Hbond substituents is 1. The van der Waals surface area contributed by atoms with E-state index in [1.54, 1.807) is 0 Å². The Morgan fingerprint density at radius 3 is 2.71 bits per heavy atom. The summed E-state index contributed by atoms with van der Waals surface area (Å²) < 4.78 is 0. The van der Waals surface area contributed by atoms with Crippen LogP contribution in [0.4, 0.5) is 5.69 Å². The number of phenols is 1. The fourth-order valence-electron chi connectivity index (χ4n) is 1.30. The summed E-state index contributed by atoms with van der Waals surface area (Å²) in [4.78, 5) is 10.5. The summed E-state index contributed by atoms with van der Waals surface area (Å²) in [7, 11) is 0. The highest BCUT2D eigenvalue weighted by Gasteiger charge is 2.07. The molecule has 0 aromatic heterocycles. The Bertz CT molecular complexity index is 393. The van der Waals surface area contributed by atoms with Crippen molar-refractivity contribution in [1.82, 2.24) is 0 Å². The largest absolute Gasteiger partial charge is 0.506 e. The summed E-state index contributed by atoms with van der Waals surface area (Å²) in [5, 5.41) is 38.6. The van der Waals surface area contributed by atoms with E-state index >= 15 is 0 Å². The molecule has 17 heavy (non-hydrogen) atoms. The van der Waals surface area contributed by atoms with Gasteiger partial charge in [0.25, 0.3) is 0 Å². The molecule has 1 atom stereocenters. The first kappa shape index (κ1) is 13.3. The van der Waals surface area contributed by atoms with Crippen LogP contribution >= 0.6 is 0 Å². The zero-order valence-corrected chi connectivity index (χ0v) is 9.13. The minimum absolute atomic E-state index is 0.0377. The van der Waals surface area contributed by atoms with Gasteiger partial charge in [-0.3, -0.25) is 4.79 Å². The van der Waals surface area contributed by atoms with Crippen molar-refractivity contribution in [2.24, 2.45) is 0 Å². The molecule has 0 fully saturated rings. The number of aromatic hydroxyl groups is 1. The normalized spacial score (nSPS) is 12.1. The fourth-order valence-corrected chi connectivity index (χ4v) is 1.30. The number of hydrogen-bond donors (Lipinski definition) is 5. The lowest BCUT2D eigenvalue weighted by molar-refractivity contribution is -0.136. The van der Waals surface area contributed by atoms with Gasteiger partial charge in [-0.05, 0) is 17.7 Å². The standard InChI is InChI=1S/C11H15NO5/c13-6-8(14)5-12-9-3-7(4-11(16)17)1-2-10(9)15/h1-3,8,12-15H,4-6H2,(H,16,17). The van der Waals surface area contributed by atoms with Crippen LogP contribution in [0.1, 0.15) is 5.56 Å². The Kier molecular flexibility index (Phi) is 4.74. The number of carbonyl (C=O) groups is 1. The van der Waals surface area contributed by atoms with Gasteiger partial charge in [-0.15, -0.1) is 0 Å². The number of nitrogens with one attached hydrogen (secondary N) is 1. The van der Waals surface area contributed by atoms with Crippen molar-refractivity contribution in [2.45, 2.75) is 12.5 Å². The van der Waals surface area contributed by atoms with E-state index in [-0.39, 0.29) is 25.3 Å². The number of aliphatic hydroxyl groups is 2. The van der Waals surface area contributed by atoms with E-state index in [2.05, 4.69) is 5.32 Å². The molecule has 94 valence electrons. The third-order valence-electron chi connectivity index (χ3n) is 2.16. The number of aliphatic hydroxyl groups excluding tert-OH is 2. The predicted octanol–water partition coefficient (Wildman–Crippen LogP) is -0.216. The monoisotopic (exact) mass is 241 g/mol. The summed E-state index contributed by atoms with van der Waals surface area (Å²) in [6.45, 7) is -0.316. The van der Waals surface area contributed by atoms with Crippen LogP contribution in [0.25, 0.3) is 0 Å². The van der Waals surface area contributed by atoms with E-state index in [9.17, 15) is 9.90 Å². The highest BCUT2D eigenvalue weighted by atomic mass is 16.4. The van der Waals surface area contributed by atoms with Crippen molar-refractivity contribution in [2.75, 3.05) is 18.5 Å². The topological polar surface area (TPSA) is 110 Å². The van der Waals surface area contributed by atoms with Crippen LogP contribution in [0.3, 0.4) is 0 Å². The minimum Gasteiger partial charge on any atom is -0.506 e. The Morgan fingerprint density at radius 1 is 1.41 bits per heavy atom. The predicted molar refractivity (Wildman–Crippen MR) is 61.0 cm³/mol. The molecule has 0 heterocycles. The lowest BCUT2D eigenvalue weighted by Gasteiger charge is -2.12. The second-order valence-electron chi connectivity index (χ2n) is 3.64. The number of benzene rings is 1. The van der Waals surface area contributed by atoms with Gasteiger partial charge in [0.1, 0.15) is 5.75 Å². The SMILES string of the molecule is O=C(O)Cc1ccc(O)c(NCC(O)CO)c1. The molecule has 1 rings (SSSR count). The van der Waals surface area contributed by atoms with Crippen molar-refractivity contribution in [3.05, 3.63) is 23.8 Å². The van der Waals surface area contributed by atoms with Crippen LogP contribution in [0.2, 0.25) is 0 Å². The molecule has 0 bridgehead atoms. The maximum Gasteiger partial charge on any atom is 0.307 e. The van der Waals surface area contributed by atoms with Crippen molar-refractivity contribution in [3.63, 3.8) is 0 Å². The second kappa shape index (κ2) is 6.07. The third kappa shape index (κ3) is 4.29. The number of rotatable bonds is 6. The number of hydrogen-bond acceptors (Lipinski definition) is 5. The van der Waals surface area contributed by atoms with Crippen LogP contribution < -0.4 is 5.32 Å². The van der Waals surface area contributed by atoms with Gasteiger partial charge in [0, 0.05) is 6.54 Å². The van der Waals surface area contributed by atoms with Gasteiger partial charge < -0.3 is 25.7 Å². The summed E-state index contributed by atoms with van der Waals surface area (Å²) in [6.07, 6.45) is -1.07. The van der Waals surface area contributed by atoms with E-state index in [1.807, 2.05) is 0 Å². The molecule has 0 saturated heterocycles. The third-order valence-corrected chi connectivity index (χ3v) is 2.16. The van der Waals surface area contributed by atoms with E-state index in [0.717, 1.165) is 0 Å². The van der Waals surface area contributed by atoms with Gasteiger partial charge in [0.15, 0.2) is 0 Å². The molecule has 0 aliphatic heterocycles. The molecule has 1 unspecified atom stereocenters. The van der Waals surface area contributed by atoms with Crippen LogP contribution in [0, 0.1) is 0 Å². The Balaban J connectivity index is 2.72. The van der Waals surface area contributed by atoms with Gasteiger partial charge in [0.2, 0.25) is 0 Å². The lowest BCUT2D eigenvalue weighted by atomic mass is 10.1. The maximum absolute atomic E-state index is 10.5. The second-order valence-corrected chi connectivity index (χ2v) is 3.64. The summed E-state index contributed by atoms with van der Waals surface area (Å²) in [5.41, 5.74) is 0.868. The molecule has 0 aliphatic rings. The lowest BCUT2D eigenvalue weighted by Crippen LogP contribution is -2.23. The van der Waals surface area contributed by atoms with Gasteiger partial charge in [-0.1, -0.05) is 6.07 Å². The van der Waals surface area contributed by atoms with Crippen molar-refractivity contribution in [1.29, 1.82) is 0 Å². The Hall–Kier alpha value is -1.79. The molecule has 5 N–H and O–H groups in total. The number of carboxylic acids is 1. The smallest absolute Gasteiger partial charge is 0.307 e. The maximum atomic E-state index is 10.5. The zero-order chi connectivity index (χ0) is 12.8. The van der Waals surface area contributed by atoms with Crippen molar-refractivity contribution < 1.29 is 25.2 Å². The van der Waals surface area contributed by atoms with Crippen LogP contribution in [-0.4, -0.2) is 45.7 Å². The van der Waals surface area contributed by atoms with Gasteiger partial charge >= 0.3 is 5.97 Å². The minimum atomic E-state index is -0.961. The molecule has 1 aromatic carbocycles. The van der Waals surface area contributed by atoms with E-state index in [1.165, 1.54) is 18.2 Å². The molecular weight excluding hydrogens is 226 g/mol. The number of carboxylic acid groups (broad SMARTS) is 1. The average molecular weight is 241 g/mol. The highest BCUT2D eigenvalue weighted by molar-refractivity contribution is 5.71. The molecule has 0 radical (unpaired) electrons. The molecule has 6 heteroatoms. The Morgan fingerprint density at radius 2 is 2.12 bits per heavy atom. The molecule has 0 aliphatic carbocycles. The molecule has 1 aromatic rings. The summed E-state index contributed by atoms with van der Waals surface area (Å²) >= 11 is 0. The fraction of sp³-hybridized carbons (Fsp3) is 0.364. The summed E-state index contributed by atoms with van der Waals surface area (Å²) in [6, 6.07) is 4.39. The average Bonchev–Trinajstić information content (AvgIpc) is 2.28. The van der Waals surface area contributed by atoms with Gasteiger partial charge in [-0.25, -0.2) is 0 Å². The van der Waals surface area contributed by atoms with E-state index < -0.39 is 12.1 Å². The van der Waals surface area contributed by atoms with Crippen molar-refractivity contribution in [3.8, 4) is 5.75 Å². The summed E-state index contributed by atoms with van der Waals surface area (Å²) in [5.74, 6) is -0.999. The number of aliphatic carboxylic acids is 1. The van der Waals surface area contributed by atoms with Gasteiger partial charge in [-0.2, -0.15) is 0 Å². The zero-order valence-electron chi connectivity index (χ0n) is 9.13. The number of anilines is 1. The molecular formula is C11H15NO5. The molecule has 0 amide bonds. The van der Waals surface area contributed by atoms with Gasteiger partial charge in [0.05, 0.1) is 24.8 Å². The first-order chi connectivity index (χ1) is 8.02.